The van der Waals surface area contributed by atoms with Crippen LogP contribution in [0.1, 0.15) is 6.42 Å². The Hall–Kier alpha value is -2.34. The molecule has 0 radical (unpaired) electrons. The summed E-state index contributed by atoms with van der Waals surface area (Å²) < 4.78 is 10.7. The third-order valence-electron chi connectivity index (χ3n) is 3.75. The van der Waals surface area contributed by atoms with Crippen molar-refractivity contribution < 1.29 is 9.47 Å². The lowest BCUT2D eigenvalue weighted by Gasteiger charge is -2.11. The van der Waals surface area contributed by atoms with Gasteiger partial charge in [-0.3, -0.25) is 0 Å². The number of anilines is 1. The molecule has 0 amide bonds. The Bertz CT molecular complexity index is 639. The van der Waals surface area contributed by atoms with Crippen molar-refractivity contribution in [2.24, 2.45) is 0 Å². The highest BCUT2D eigenvalue weighted by Crippen LogP contribution is 2.35. The van der Waals surface area contributed by atoms with Crippen LogP contribution in [0.3, 0.4) is 0 Å². The molecule has 0 spiro atoms. The van der Waals surface area contributed by atoms with E-state index in [9.17, 15) is 0 Å². The molecule has 1 aromatic heterocycles. The van der Waals surface area contributed by atoms with Crippen LogP contribution in [0.2, 0.25) is 0 Å². The fourth-order valence-electron chi connectivity index (χ4n) is 2.61. The molecule has 1 unspecified atom stereocenters. The van der Waals surface area contributed by atoms with Gasteiger partial charge >= 0.3 is 0 Å². The van der Waals surface area contributed by atoms with E-state index < -0.39 is 0 Å². The number of benzene rings is 1. The minimum absolute atomic E-state index is 0.281. The van der Waals surface area contributed by atoms with Gasteiger partial charge in [-0.25, -0.2) is 0 Å². The maximum atomic E-state index is 5.38. The topological polar surface area (TPSA) is 68.3 Å². The van der Waals surface area contributed by atoms with Gasteiger partial charge in [0.15, 0.2) is 11.5 Å². The standard InChI is InChI=1S/C15H16N4O2/c1-3-13-14(21-9-20-13)7-10(1)12-2-4-15(19-18-12)17-11-5-6-16-8-11/h1-4,7,11,16H,5-6,8-9H2,(H,17,19). The van der Waals surface area contributed by atoms with E-state index in [2.05, 4.69) is 20.8 Å². The van der Waals surface area contributed by atoms with E-state index in [1.54, 1.807) is 0 Å². The predicted octanol–water partition coefficient (Wildman–Crippen LogP) is 1.65. The lowest BCUT2D eigenvalue weighted by atomic mass is 10.1. The molecule has 1 saturated heterocycles. The molecule has 0 aliphatic carbocycles. The van der Waals surface area contributed by atoms with Crippen molar-refractivity contribution in [1.82, 2.24) is 15.5 Å². The molecule has 1 fully saturated rings. The minimum atomic E-state index is 0.281. The van der Waals surface area contributed by atoms with Crippen LogP contribution in [-0.4, -0.2) is 36.1 Å². The van der Waals surface area contributed by atoms with E-state index >= 15 is 0 Å². The molecule has 21 heavy (non-hydrogen) atoms. The Balaban J connectivity index is 1.53. The molecule has 3 heterocycles. The van der Waals surface area contributed by atoms with Crippen molar-refractivity contribution in [3.8, 4) is 22.8 Å². The normalized spacial score (nSPS) is 19.7. The first-order valence-electron chi connectivity index (χ1n) is 7.09. The third kappa shape index (κ3) is 2.50. The minimum Gasteiger partial charge on any atom is -0.454 e. The number of ether oxygens (including phenoxy) is 2. The number of hydrogen-bond acceptors (Lipinski definition) is 6. The monoisotopic (exact) mass is 284 g/mol. The predicted molar refractivity (Wildman–Crippen MR) is 78.5 cm³/mol. The summed E-state index contributed by atoms with van der Waals surface area (Å²) in [4.78, 5) is 0. The summed E-state index contributed by atoms with van der Waals surface area (Å²) in [6, 6.07) is 10.2. The summed E-state index contributed by atoms with van der Waals surface area (Å²) in [5.41, 5.74) is 1.80. The average Bonchev–Trinajstić information content (AvgIpc) is 3.18. The van der Waals surface area contributed by atoms with Crippen LogP contribution in [0.5, 0.6) is 11.5 Å². The van der Waals surface area contributed by atoms with Crippen molar-refractivity contribution in [3.05, 3.63) is 30.3 Å². The van der Waals surface area contributed by atoms with Gasteiger partial charge in [-0.15, -0.1) is 10.2 Å². The summed E-state index contributed by atoms with van der Waals surface area (Å²) >= 11 is 0. The van der Waals surface area contributed by atoms with Gasteiger partial charge in [0.05, 0.1) is 5.69 Å². The maximum Gasteiger partial charge on any atom is 0.231 e. The van der Waals surface area contributed by atoms with Crippen LogP contribution >= 0.6 is 0 Å². The molecule has 1 aromatic carbocycles. The molecule has 6 nitrogen and oxygen atoms in total. The van der Waals surface area contributed by atoms with E-state index in [-0.39, 0.29) is 6.79 Å². The van der Waals surface area contributed by atoms with Crippen molar-refractivity contribution in [2.75, 3.05) is 25.2 Å². The van der Waals surface area contributed by atoms with Gasteiger partial charge in [0.1, 0.15) is 5.82 Å². The third-order valence-corrected chi connectivity index (χ3v) is 3.75. The van der Waals surface area contributed by atoms with Gasteiger partial charge in [0.2, 0.25) is 6.79 Å². The largest absolute Gasteiger partial charge is 0.454 e. The molecule has 2 N–H and O–H groups in total. The second-order valence-electron chi connectivity index (χ2n) is 5.21. The summed E-state index contributed by atoms with van der Waals surface area (Å²) in [6.45, 7) is 2.31. The van der Waals surface area contributed by atoms with Gasteiger partial charge in [0, 0.05) is 18.2 Å². The van der Waals surface area contributed by atoms with E-state index in [1.807, 2.05) is 30.3 Å². The number of fused-ring (bicyclic) bond motifs is 1. The van der Waals surface area contributed by atoms with Crippen molar-refractivity contribution >= 4 is 5.82 Å². The fourth-order valence-corrected chi connectivity index (χ4v) is 2.61. The quantitative estimate of drug-likeness (QED) is 0.893. The van der Waals surface area contributed by atoms with Crippen LogP contribution in [0.25, 0.3) is 11.3 Å². The van der Waals surface area contributed by atoms with Gasteiger partial charge < -0.3 is 20.1 Å². The Morgan fingerprint density at radius 2 is 2.05 bits per heavy atom. The number of nitrogens with one attached hydrogen (secondary N) is 2. The van der Waals surface area contributed by atoms with Crippen molar-refractivity contribution in [3.63, 3.8) is 0 Å². The van der Waals surface area contributed by atoms with Crippen molar-refractivity contribution in [2.45, 2.75) is 12.5 Å². The first-order chi connectivity index (χ1) is 10.4. The van der Waals surface area contributed by atoms with Crippen LogP contribution in [0.4, 0.5) is 5.82 Å². The second-order valence-corrected chi connectivity index (χ2v) is 5.21. The molecular weight excluding hydrogens is 268 g/mol. The van der Waals surface area contributed by atoms with Crippen LogP contribution < -0.4 is 20.1 Å². The SMILES string of the molecule is c1cc2c(cc1-c1ccc(NC3CCNC3)nn1)OCO2. The average molecular weight is 284 g/mol. The summed E-state index contributed by atoms with van der Waals surface area (Å²) in [5.74, 6) is 2.35. The molecule has 0 bridgehead atoms. The lowest BCUT2D eigenvalue weighted by Crippen LogP contribution is -2.22. The molecule has 0 saturated carbocycles. The number of aromatic nitrogens is 2. The number of hydrogen-bond donors (Lipinski definition) is 2. The summed E-state index contributed by atoms with van der Waals surface area (Å²) in [7, 11) is 0. The van der Waals surface area contributed by atoms with E-state index in [0.29, 0.717) is 6.04 Å². The molecule has 108 valence electrons. The number of rotatable bonds is 3. The van der Waals surface area contributed by atoms with Crippen LogP contribution in [0, 0.1) is 0 Å². The Kier molecular flexibility index (Phi) is 3.08. The van der Waals surface area contributed by atoms with E-state index in [1.165, 1.54) is 0 Å². The highest BCUT2D eigenvalue weighted by Gasteiger charge is 2.16. The summed E-state index contributed by atoms with van der Waals surface area (Å²) in [5, 5.41) is 15.2. The highest BCUT2D eigenvalue weighted by molar-refractivity contribution is 5.64. The Labute approximate surface area is 122 Å². The van der Waals surface area contributed by atoms with Gasteiger partial charge in [-0.05, 0) is 43.3 Å². The first kappa shape index (κ1) is 12.4. The zero-order valence-electron chi connectivity index (χ0n) is 11.5. The van der Waals surface area contributed by atoms with Crippen molar-refractivity contribution in [1.29, 1.82) is 0 Å². The fraction of sp³-hybridized carbons (Fsp3) is 0.333. The van der Waals surface area contributed by atoms with E-state index in [0.717, 1.165) is 48.1 Å². The Morgan fingerprint density at radius 1 is 1.10 bits per heavy atom. The van der Waals surface area contributed by atoms with Crippen LogP contribution in [0.15, 0.2) is 30.3 Å². The molecular formula is C15H16N4O2. The number of nitrogens with zero attached hydrogens (tertiary/aromatic N) is 2. The van der Waals surface area contributed by atoms with Gasteiger partial charge in [-0.2, -0.15) is 0 Å². The van der Waals surface area contributed by atoms with Gasteiger partial charge in [0.25, 0.3) is 0 Å². The van der Waals surface area contributed by atoms with E-state index in [4.69, 9.17) is 9.47 Å². The smallest absolute Gasteiger partial charge is 0.231 e. The second kappa shape index (κ2) is 5.21. The molecule has 2 aliphatic rings. The lowest BCUT2D eigenvalue weighted by molar-refractivity contribution is 0.174. The van der Waals surface area contributed by atoms with Crippen LogP contribution in [-0.2, 0) is 0 Å². The zero-order valence-corrected chi connectivity index (χ0v) is 11.5. The highest BCUT2D eigenvalue weighted by atomic mass is 16.7. The molecule has 2 aromatic rings. The molecule has 2 aliphatic heterocycles. The molecule has 4 rings (SSSR count). The summed E-state index contributed by atoms with van der Waals surface area (Å²) in [6.07, 6.45) is 1.12. The van der Waals surface area contributed by atoms with Gasteiger partial charge in [-0.1, -0.05) is 0 Å². The molecule has 1 atom stereocenters. The molecule has 6 heteroatoms. The maximum absolute atomic E-state index is 5.38. The zero-order chi connectivity index (χ0) is 14.1. The Morgan fingerprint density at radius 3 is 2.86 bits per heavy atom. The first-order valence-corrected chi connectivity index (χ1v) is 7.09.